The van der Waals surface area contributed by atoms with Gasteiger partial charge in [-0.25, -0.2) is 9.97 Å². The molecule has 2 aromatic heterocycles. The summed E-state index contributed by atoms with van der Waals surface area (Å²) in [6.45, 7) is 0.769. The number of thioether (sulfide) groups is 1. The molecular formula is C13H19N5OS. The molecule has 1 N–H and O–H groups in total. The van der Waals surface area contributed by atoms with E-state index in [0.717, 1.165) is 47.7 Å². The third-order valence-corrected chi connectivity index (χ3v) is 4.93. The number of anilines is 1. The standard InChI is InChI=1S/C13H19N5OS/c1-18-12-10(7-17-18)11(15-9-16-12)14-8-13(19-2)3-5-20-6-4-13/h7,9H,3-6,8H2,1-2H3,(H,14,15,16). The lowest BCUT2D eigenvalue weighted by Crippen LogP contribution is -2.42. The first-order valence-electron chi connectivity index (χ1n) is 6.74. The van der Waals surface area contributed by atoms with E-state index in [4.69, 9.17) is 4.74 Å². The monoisotopic (exact) mass is 293 g/mol. The highest BCUT2D eigenvalue weighted by Crippen LogP contribution is 2.30. The number of nitrogens with one attached hydrogen (secondary N) is 1. The Morgan fingerprint density at radius 2 is 2.20 bits per heavy atom. The Kier molecular flexibility index (Phi) is 3.80. The van der Waals surface area contributed by atoms with Gasteiger partial charge < -0.3 is 10.1 Å². The van der Waals surface area contributed by atoms with Crippen LogP contribution >= 0.6 is 11.8 Å². The molecule has 1 aliphatic rings. The van der Waals surface area contributed by atoms with E-state index in [2.05, 4.69) is 20.4 Å². The van der Waals surface area contributed by atoms with Gasteiger partial charge in [0.25, 0.3) is 0 Å². The quantitative estimate of drug-likeness (QED) is 0.925. The van der Waals surface area contributed by atoms with Crippen LogP contribution < -0.4 is 5.32 Å². The zero-order valence-corrected chi connectivity index (χ0v) is 12.6. The van der Waals surface area contributed by atoms with Crippen LogP contribution in [0.15, 0.2) is 12.5 Å². The number of nitrogens with zero attached hydrogens (tertiary/aromatic N) is 4. The number of aromatic nitrogens is 4. The molecule has 0 amide bonds. The second-order valence-electron chi connectivity index (χ2n) is 5.08. The smallest absolute Gasteiger partial charge is 0.163 e. The average molecular weight is 293 g/mol. The van der Waals surface area contributed by atoms with Crippen molar-refractivity contribution in [3.63, 3.8) is 0 Å². The highest BCUT2D eigenvalue weighted by Gasteiger charge is 2.32. The van der Waals surface area contributed by atoms with Crippen LogP contribution in [0.5, 0.6) is 0 Å². The van der Waals surface area contributed by atoms with Crippen molar-refractivity contribution in [1.82, 2.24) is 19.7 Å². The van der Waals surface area contributed by atoms with Crippen molar-refractivity contribution in [2.24, 2.45) is 7.05 Å². The van der Waals surface area contributed by atoms with Gasteiger partial charge in [0.2, 0.25) is 0 Å². The maximum atomic E-state index is 5.78. The minimum atomic E-state index is -0.0786. The van der Waals surface area contributed by atoms with Crippen molar-refractivity contribution >= 4 is 28.6 Å². The van der Waals surface area contributed by atoms with Gasteiger partial charge in [-0.15, -0.1) is 0 Å². The van der Waals surface area contributed by atoms with Crippen molar-refractivity contribution in [3.05, 3.63) is 12.5 Å². The Bertz CT molecular complexity index is 593. The van der Waals surface area contributed by atoms with Gasteiger partial charge in [-0.05, 0) is 24.3 Å². The molecule has 0 atom stereocenters. The average Bonchev–Trinajstić information content (AvgIpc) is 2.88. The van der Waals surface area contributed by atoms with Gasteiger partial charge in [-0.3, -0.25) is 4.68 Å². The van der Waals surface area contributed by atoms with E-state index in [9.17, 15) is 0 Å². The summed E-state index contributed by atoms with van der Waals surface area (Å²) in [5.74, 6) is 3.14. The second kappa shape index (κ2) is 5.57. The molecule has 1 saturated heterocycles. The van der Waals surface area contributed by atoms with Gasteiger partial charge >= 0.3 is 0 Å². The third-order valence-electron chi connectivity index (χ3n) is 3.94. The van der Waals surface area contributed by atoms with Gasteiger partial charge in [0.15, 0.2) is 5.65 Å². The molecule has 0 spiro atoms. The molecule has 1 fully saturated rings. The Labute approximate surface area is 122 Å². The third kappa shape index (κ3) is 2.47. The van der Waals surface area contributed by atoms with Gasteiger partial charge in [0.05, 0.1) is 17.2 Å². The molecule has 20 heavy (non-hydrogen) atoms. The molecule has 1 aliphatic heterocycles. The normalized spacial score (nSPS) is 18.3. The molecule has 0 unspecified atom stereocenters. The summed E-state index contributed by atoms with van der Waals surface area (Å²) in [6.07, 6.45) is 5.52. The van der Waals surface area contributed by atoms with E-state index < -0.39 is 0 Å². The number of hydrogen-bond acceptors (Lipinski definition) is 6. The van der Waals surface area contributed by atoms with E-state index in [1.54, 1.807) is 24.3 Å². The Balaban J connectivity index is 1.79. The number of ether oxygens (including phenoxy) is 1. The van der Waals surface area contributed by atoms with E-state index in [1.807, 2.05) is 18.8 Å². The van der Waals surface area contributed by atoms with E-state index >= 15 is 0 Å². The van der Waals surface area contributed by atoms with Gasteiger partial charge in [0.1, 0.15) is 12.1 Å². The Hall–Kier alpha value is -1.34. The van der Waals surface area contributed by atoms with Crippen molar-refractivity contribution < 1.29 is 4.74 Å². The number of hydrogen-bond donors (Lipinski definition) is 1. The first kappa shape index (κ1) is 13.6. The predicted octanol–water partition coefficient (Wildman–Crippen LogP) is 1.69. The number of methoxy groups -OCH3 is 1. The lowest BCUT2D eigenvalue weighted by atomic mass is 9.96. The molecule has 0 bridgehead atoms. The van der Waals surface area contributed by atoms with Crippen LogP contribution in [0.1, 0.15) is 12.8 Å². The summed E-state index contributed by atoms with van der Waals surface area (Å²) in [5, 5.41) is 8.60. The first-order chi connectivity index (χ1) is 9.74. The van der Waals surface area contributed by atoms with E-state index in [-0.39, 0.29) is 5.60 Å². The van der Waals surface area contributed by atoms with Crippen molar-refractivity contribution in [2.75, 3.05) is 30.5 Å². The maximum Gasteiger partial charge on any atom is 0.163 e. The fourth-order valence-electron chi connectivity index (χ4n) is 2.54. The predicted molar refractivity (Wildman–Crippen MR) is 81.1 cm³/mol. The van der Waals surface area contributed by atoms with Gasteiger partial charge in [0, 0.05) is 20.7 Å². The van der Waals surface area contributed by atoms with Crippen molar-refractivity contribution in [3.8, 4) is 0 Å². The summed E-state index contributed by atoms with van der Waals surface area (Å²) >= 11 is 1.99. The minimum Gasteiger partial charge on any atom is -0.376 e. The van der Waals surface area contributed by atoms with E-state index in [0.29, 0.717) is 0 Å². The molecule has 0 radical (unpaired) electrons. The fourth-order valence-corrected chi connectivity index (χ4v) is 3.78. The lowest BCUT2D eigenvalue weighted by molar-refractivity contribution is -0.00551. The summed E-state index contributed by atoms with van der Waals surface area (Å²) < 4.78 is 7.53. The molecular weight excluding hydrogens is 274 g/mol. The lowest BCUT2D eigenvalue weighted by Gasteiger charge is -2.36. The van der Waals surface area contributed by atoms with Gasteiger partial charge in [-0.2, -0.15) is 16.9 Å². The summed E-state index contributed by atoms with van der Waals surface area (Å²) in [7, 11) is 3.69. The Morgan fingerprint density at radius 1 is 1.40 bits per heavy atom. The van der Waals surface area contributed by atoms with Crippen LogP contribution in [0.4, 0.5) is 5.82 Å². The molecule has 2 aromatic rings. The molecule has 0 saturated carbocycles. The highest BCUT2D eigenvalue weighted by atomic mass is 32.2. The maximum absolute atomic E-state index is 5.78. The SMILES string of the molecule is COC1(CNc2ncnc3c2cnn3C)CCSCC1. The number of fused-ring (bicyclic) bond motifs is 1. The van der Waals surface area contributed by atoms with Crippen LogP contribution in [-0.2, 0) is 11.8 Å². The molecule has 0 aliphatic carbocycles. The van der Waals surface area contributed by atoms with Crippen LogP contribution in [0.25, 0.3) is 11.0 Å². The summed E-state index contributed by atoms with van der Waals surface area (Å²) in [5.41, 5.74) is 0.762. The first-order valence-corrected chi connectivity index (χ1v) is 7.89. The molecule has 6 nitrogen and oxygen atoms in total. The molecule has 3 rings (SSSR count). The molecule has 0 aromatic carbocycles. The fraction of sp³-hybridized carbons (Fsp3) is 0.615. The zero-order chi connectivity index (χ0) is 14.0. The number of aryl methyl sites for hydroxylation is 1. The van der Waals surface area contributed by atoms with Crippen molar-refractivity contribution in [1.29, 1.82) is 0 Å². The highest BCUT2D eigenvalue weighted by molar-refractivity contribution is 7.99. The van der Waals surface area contributed by atoms with Crippen LogP contribution in [0, 0.1) is 0 Å². The minimum absolute atomic E-state index is 0.0786. The largest absolute Gasteiger partial charge is 0.376 e. The Morgan fingerprint density at radius 3 is 2.95 bits per heavy atom. The zero-order valence-electron chi connectivity index (χ0n) is 11.8. The second-order valence-corrected chi connectivity index (χ2v) is 6.31. The topological polar surface area (TPSA) is 64.9 Å². The van der Waals surface area contributed by atoms with Crippen LogP contribution in [0.3, 0.4) is 0 Å². The van der Waals surface area contributed by atoms with Crippen molar-refractivity contribution in [2.45, 2.75) is 18.4 Å². The number of rotatable bonds is 4. The van der Waals surface area contributed by atoms with Crippen LogP contribution in [-0.4, -0.2) is 50.5 Å². The van der Waals surface area contributed by atoms with Gasteiger partial charge in [-0.1, -0.05) is 0 Å². The molecule has 108 valence electrons. The summed E-state index contributed by atoms with van der Waals surface area (Å²) in [6, 6.07) is 0. The molecule has 7 heteroatoms. The molecule has 3 heterocycles. The summed E-state index contributed by atoms with van der Waals surface area (Å²) in [4.78, 5) is 8.58. The van der Waals surface area contributed by atoms with Crippen LogP contribution in [0.2, 0.25) is 0 Å². The van der Waals surface area contributed by atoms with E-state index in [1.165, 1.54) is 0 Å².